The number of hydrogen-bond acceptors (Lipinski definition) is 4. The summed E-state index contributed by atoms with van der Waals surface area (Å²) in [4.78, 5) is 10.2. The molecule has 0 radical (unpaired) electrons. The minimum absolute atomic E-state index is 0.156. The zero-order valence-electron chi connectivity index (χ0n) is 20.2. The lowest BCUT2D eigenvalue weighted by Crippen LogP contribution is -2.32. The van der Waals surface area contributed by atoms with Crippen LogP contribution < -0.4 is 0 Å². The molecule has 0 atom stereocenters. The van der Waals surface area contributed by atoms with E-state index < -0.39 is 11.4 Å². The third-order valence-corrected chi connectivity index (χ3v) is 5.72. The monoisotopic (exact) mass is 442 g/mol. The molecule has 0 aliphatic heterocycles. The van der Waals surface area contributed by atoms with E-state index >= 15 is 0 Å². The van der Waals surface area contributed by atoms with E-state index in [2.05, 4.69) is 13.0 Å². The Morgan fingerprint density at radius 1 is 0.677 bits per heavy atom. The summed E-state index contributed by atoms with van der Waals surface area (Å²) in [6.45, 7) is 3.62. The summed E-state index contributed by atoms with van der Waals surface area (Å²) < 4.78 is 0. The van der Waals surface area contributed by atoms with Crippen LogP contribution in [0.15, 0.2) is 24.3 Å². The number of rotatable bonds is 20. The first kappa shape index (κ1) is 32.0. The number of hydrogen-bond donors (Lipinski definition) is 4. The minimum atomic E-state index is -0.884. The molecule has 0 rings (SSSR count). The minimum Gasteiger partial charge on any atom is -0.478 e. The molecule has 0 aromatic carbocycles. The third kappa shape index (κ3) is 23.3. The third-order valence-electron chi connectivity index (χ3n) is 5.72. The largest absolute Gasteiger partial charge is 0.478 e. The first-order chi connectivity index (χ1) is 15.0. The Morgan fingerprint density at radius 3 is 1.42 bits per heavy atom. The molecule has 0 saturated carbocycles. The van der Waals surface area contributed by atoms with Gasteiger partial charge in [0.15, 0.2) is 0 Å². The van der Waals surface area contributed by atoms with Gasteiger partial charge in [0.25, 0.3) is 0 Å². The van der Waals surface area contributed by atoms with Crippen LogP contribution >= 0.6 is 0 Å². The summed E-state index contributed by atoms with van der Waals surface area (Å²) in [7, 11) is 0. The lowest BCUT2D eigenvalue weighted by atomic mass is 9.88. The lowest BCUT2D eigenvalue weighted by Gasteiger charge is -2.24. The van der Waals surface area contributed by atoms with E-state index in [4.69, 9.17) is 20.4 Å². The van der Waals surface area contributed by atoms with Gasteiger partial charge in [-0.05, 0) is 19.3 Å². The van der Waals surface area contributed by atoms with E-state index in [1.54, 1.807) is 6.08 Å². The number of allylic oxidation sites excluding steroid dienone is 3. The molecule has 5 nitrogen and oxygen atoms in total. The molecule has 0 fully saturated rings. The van der Waals surface area contributed by atoms with Crippen LogP contribution in [0.1, 0.15) is 110 Å². The van der Waals surface area contributed by atoms with Crippen molar-refractivity contribution in [2.75, 3.05) is 19.8 Å². The number of aliphatic carboxylic acids is 1. The second-order valence-electron chi connectivity index (χ2n) is 8.48. The number of unbranched alkanes of at least 4 members (excludes halogenated alkanes) is 13. The molecule has 0 unspecified atom stereocenters. The number of carbonyl (C=O) groups is 1. The number of aliphatic hydroxyl groups is 3. The fourth-order valence-electron chi connectivity index (χ4n) is 3.08. The van der Waals surface area contributed by atoms with Crippen molar-refractivity contribution >= 4 is 5.97 Å². The summed E-state index contributed by atoms with van der Waals surface area (Å²) in [6.07, 6.45) is 26.2. The maximum atomic E-state index is 10.2. The molecule has 0 bridgehead atoms. The molecule has 0 aromatic heterocycles. The van der Waals surface area contributed by atoms with Gasteiger partial charge >= 0.3 is 5.97 Å². The Kier molecular flexibility index (Phi) is 25.9. The van der Waals surface area contributed by atoms with Crippen LogP contribution in [0.4, 0.5) is 0 Å². The molecule has 0 aliphatic carbocycles. The van der Waals surface area contributed by atoms with Gasteiger partial charge in [-0.25, -0.2) is 4.79 Å². The molecule has 184 valence electrons. The van der Waals surface area contributed by atoms with Crippen molar-refractivity contribution in [3.63, 3.8) is 0 Å². The second kappa shape index (κ2) is 25.1. The van der Waals surface area contributed by atoms with Crippen molar-refractivity contribution in [2.45, 2.75) is 110 Å². The molecular weight excluding hydrogens is 392 g/mol. The molecule has 4 N–H and O–H groups in total. The van der Waals surface area contributed by atoms with E-state index in [0.29, 0.717) is 6.42 Å². The second-order valence-corrected chi connectivity index (χ2v) is 8.48. The van der Waals surface area contributed by atoms with Gasteiger partial charge in [-0.3, -0.25) is 0 Å². The van der Waals surface area contributed by atoms with E-state index in [9.17, 15) is 4.79 Å². The van der Waals surface area contributed by atoms with Crippen molar-refractivity contribution in [3.05, 3.63) is 24.3 Å². The fourth-order valence-corrected chi connectivity index (χ4v) is 3.08. The molecule has 5 heteroatoms. The van der Waals surface area contributed by atoms with Gasteiger partial charge in [0, 0.05) is 11.5 Å². The van der Waals surface area contributed by atoms with Crippen molar-refractivity contribution in [1.82, 2.24) is 0 Å². The van der Waals surface area contributed by atoms with Crippen LogP contribution in [0, 0.1) is 5.41 Å². The summed E-state index contributed by atoms with van der Waals surface area (Å²) >= 11 is 0. The lowest BCUT2D eigenvalue weighted by molar-refractivity contribution is -0.131. The highest BCUT2D eigenvalue weighted by Crippen LogP contribution is 2.18. The number of carboxylic acid groups (broad SMARTS) is 1. The van der Waals surface area contributed by atoms with Crippen LogP contribution in [-0.4, -0.2) is 46.2 Å². The highest BCUT2D eigenvalue weighted by atomic mass is 16.4. The van der Waals surface area contributed by atoms with E-state index in [1.807, 2.05) is 13.0 Å². The predicted molar refractivity (Wildman–Crippen MR) is 130 cm³/mol. The first-order valence-electron chi connectivity index (χ1n) is 12.4. The fraction of sp³-hybridized carbons (Fsp3) is 0.808. The number of aliphatic hydroxyl groups excluding tert-OH is 3. The summed E-state index contributed by atoms with van der Waals surface area (Å²) in [5.74, 6) is -0.884. The van der Waals surface area contributed by atoms with E-state index in [-0.39, 0.29) is 19.8 Å². The molecule has 31 heavy (non-hydrogen) atoms. The van der Waals surface area contributed by atoms with Crippen LogP contribution in [0.25, 0.3) is 0 Å². The SMILES string of the molecule is CCC(CO)(CO)CO.CCCCCCCCCCCCCCCC=CC=CC(=O)O. The maximum absolute atomic E-state index is 10.2. The standard InChI is InChI=1S/C20H36O2.C6H14O3/c1-2-3-4-5-6-7-8-9-10-11-12-13-14-15-16-17-18-19-20(21)22;1-2-6(3-7,4-8)5-9/h16-19H,2-15H2,1H3,(H,21,22);7-9H,2-5H2,1H3. The Labute approximate surface area is 191 Å². The smallest absolute Gasteiger partial charge is 0.328 e. The Hall–Kier alpha value is -1.17. The van der Waals surface area contributed by atoms with E-state index in [0.717, 1.165) is 6.42 Å². The van der Waals surface area contributed by atoms with Crippen LogP contribution in [0.2, 0.25) is 0 Å². The Balaban J connectivity index is 0. The normalized spacial score (nSPS) is 11.8. The molecule has 0 aliphatic rings. The molecule has 0 amide bonds. The van der Waals surface area contributed by atoms with Crippen molar-refractivity contribution < 1.29 is 25.2 Å². The van der Waals surface area contributed by atoms with E-state index in [1.165, 1.54) is 89.5 Å². The van der Waals surface area contributed by atoms with Crippen molar-refractivity contribution in [1.29, 1.82) is 0 Å². The Morgan fingerprint density at radius 2 is 1.10 bits per heavy atom. The van der Waals surface area contributed by atoms with Gasteiger partial charge in [-0.15, -0.1) is 0 Å². The molecule has 0 saturated heterocycles. The highest BCUT2D eigenvalue weighted by molar-refractivity contribution is 5.80. The van der Waals surface area contributed by atoms with Gasteiger partial charge in [0.05, 0.1) is 19.8 Å². The predicted octanol–water partition coefficient (Wildman–Crippen LogP) is 6.02. The van der Waals surface area contributed by atoms with Gasteiger partial charge in [-0.2, -0.15) is 0 Å². The zero-order valence-corrected chi connectivity index (χ0v) is 20.2. The quantitative estimate of drug-likeness (QED) is 0.105. The zero-order chi connectivity index (χ0) is 23.6. The van der Waals surface area contributed by atoms with Gasteiger partial charge in [-0.1, -0.05) is 109 Å². The first-order valence-corrected chi connectivity index (χ1v) is 12.4. The van der Waals surface area contributed by atoms with Crippen LogP contribution in [-0.2, 0) is 4.79 Å². The summed E-state index contributed by atoms with van der Waals surface area (Å²) in [5, 5.41) is 34.4. The molecule has 0 heterocycles. The average Bonchev–Trinajstić information content (AvgIpc) is 2.78. The molecular formula is C26H50O5. The van der Waals surface area contributed by atoms with Crippen molar-refractivity contribution in [3.8, 4) is 0 Å². The molecule has 0 aromatic rings. The number of carboxylic acids is 1. The van der Waals surface area contributed by atoms with Crippen molar-refractivity contribution in [2.24, 2.45) is 5.41 Å². The average molecular weight is 443 g/mol. The highest BCUT2D eigenvalue weighted by Gasteiger charge is 2.24. The summed E-state index contributed by atoms with van der Waals surface area (Å²) in [6, 6.07) is 0. The van der Waals surface area contributed by atoms with Gasteiger partial charge in [0.2, 0.25) is 0 Å². The van der Waals surface area contributed by atoms with Gasteiger partial charge in [0.1, 0.15) is 0 Å². The Bertz CT molecular complexity index is 410. The van der Waals surface area contributed by atoms with Crippen LogP contribution in [0.5, 0.6) is 0 Å². The van der Waals surface area contributed by atoms with Gasteiger partial charge < -0.3 is 20.4 Å². The molecule has 0 spiro atoms. The maximum Gasteiger partial charge on any atom is 0.328 e. The van der Waals surface area contributed by atoms with Crippen LogP contribution in [0.3, 0.4) is 0 Å². The topological polar surface area (TPSA) is 98.0 Å². The summed E-state index contributed by atoms with van der Waals surface area (Å²) in [5.41, 5.74) is -0.667.